The van der Waals surface area contributed by atoms with Crippen molar-refractivity contribution in [2.75, 3.05) is 33.8 Å². The van der Waals surface area contributed by atoms with Gasteiger partial charge >= 0.3 is 0 Å². The number of hydrogen-bond donors (Lipinski definition) is 2. The van der Waals surface area contributed by atoms with E-state index in [1.54, 1.807) is 25.1 Å². The highest BCUT2D eigenvalue weighted by molar-refractivity contribution is 6.30. The molecule has 0 radical (unpaired) electrons. The highest BCUT2D eigenvalue weighted by atomic mass is 35.5. The van der Waals surface area contributed by atoms with Crippen LogP contribution in [0.5, 0.6) is 5.75 Å². The van der Waals surface area contributed by atoms with Crippen molar-refractivity contribution in [1.29, 1.82) is 0 Å². The van der Waals surface area contributed by atoms with Crippen LogP contribution in [0.4, 0.5) is 0 Å². The SMILES string of the molecule is Cc1cc(Cl)ccc1C1=C(c2ccc(OCCNC/C=C/C(=O)N(C)C)cc2)C2(C)CC=C(O)C=C2CCC1. The second kappa shape index (κ2) is 12.7. The Labute approximate surface area is 237 Å². The lowest BCUT2D eigenvalue weighted by atomic mass is 9.66. The minimum Gasteiger partial charge on any atom is -0.508 e. The first kappa shape index (κ1) is 28.7. The first-order valence-corrected chi connectivity index (χ1v) is 14.0. The Balaban J connectivity index is 1.55. The molecule has 0 bridgehead atoms. The summed E-state index contributed by atoms with van der Waals surface area (Å²) < 4.78 is 5.98. The third kappa shape index (κ3) is 6.84. The van der Waals surface area contributed by atoms with E-state index in [1.807, 2.05) is 42.5 Å². The lowest BCUT2D eigenvalue weighted by Crippen LogP contribution is -2.24. The Morgan fingerprint density at radius 3 is 2.67 bits per heavy atom. The molecule has 0 aliphatic heterocycles. The Morgan fingerprint density at radius 1 is 1.18 bits per heavy atom. The van der Waals surface area contributed by atoms with Crippen molar-refractivity contribution in [3.63, 3.8) is 0 Å². The maximum absolute atomic E-state index is 11.6. The third-order valence-corrected chi connectivity index (χ3v) is 7.88. The van der Waals surface area contributed by atoms with E-state index in [4.69, 9.17) is 16.3 Å². The second-order valence-electron chi connectivity index (χ2n) is 10.7. The number of nitrogens with zero attached hydrogens (tertiary/aromatic N) is 1. The number of likely N-dealkylation sites (N-methyl/N-ethyl adjacent to an activating group) is 1. The Hall–Kier alpha value is -3.28. The van der Waals surface area contributed by atoms with Crippen molar-refractivity contribution < 1.29 is 14.6 Å². The average Bonchev–Trinajstić information content (AvgIpc) is 3.04. The summed E-state index contributed by atoms with van der Waals surface area (Å²) in [4.78, 5) is 13.1. The summed E-state index contributed by atoms with van der Waals surface area (Å²) in [6.07, 6.45) is 11.0. The van der Waals surface area contributed by atoms with E-state index < -0.39 is 0 Å². The van der Waals surface area contributed by atoms with Gasteiger partial charge < -0.3 is 20.1 Å². The first-order valence-electron chi connectivity index (χ1n) is 13.6. The fourth-order valence-electron chi connectivity index (χ4n) is 5.54. The van der Waals surface area contributed by atoms with Crippen molar-refractivity contribution in [3.05, 3.63) is 99.8 Å². The van der Waals surface area contributed by atoms with Gasteiger partial charge in [0.25, 0.3) is 0 Å². The molecule has 1 amide bonds. The number of aryl methyl sites for hydroxylation is 1. The number of halogens is 1. The van der Waals surface area contributed by atoms with Gasteiger partial charge in [-0.1, -0.05) is 48.4 Å². The van der Waals surface area contributed by atoms with Gasteiger partial charge in [-0.05, 0) is 96.9 Å². The smallest absolute Gasteiger partial charge is 0.245 e. The molecule has 1 atom stereocenters. The zero-order chi connectivity index (χ0) is 28.0. The largest absolute Gasteiger partial charge is 0.508 e. The van der Waals surface area contributed by atoms with Crippen LogP contribution < -0.4 is 10.1 Å². The number of aliphatic hydroxyl groups is 1. The molecular weight excluding hydrogens is 508 g/mol. The molecule has 39 heavy (non-hydrogen) atoms. The van der Waals surface area contributed by atoms with E-state index in [9.17, 15) is 9.90 Å². The van der Waals surface area contributed by atoms with E-state index >= 15 is 0 Å². The standard InChI is InChI=1S/C33H39ClN2O3/c1-23-21-26(34)12-15-29(23)30-8-5-7-25-22-27(37)16-17-33(25,2)32(30)24-10-13-28(14-11-24)39-20-19-35-18-6-9-31(38)36(3)4/h6,9-16,21-22,35,37H,5,7-8,17-20H2,1-4H3/b9-6+. The van der Waals surface area contributed by atoms with Crippen molar-refractivity contribution in [3.8, 4) is 5.75 Å². The number of ether oxygens (including phenoxy) is 1. The van der Waals surface area contributed by atoms with Crippen LogP contribution in [0.3, 0.4) is 0 Å². The summed E-state index contributed by atoms with van der Waals surface area (Å²) in [6, 6.07) is 14.6. The van der Waals surface area contributed by atoms with Gasteiger partial charge in [0, 0.05) is 43.7 Å². The van der Waals surface area contributed by atoms with E-state index in [0.717, 1.165) is 36.5 Å². The van der Waals surface area contributed by atoms with Crippen LogP contribution in [0, 0.1) is 12.3 Å². The van der Waals surface area contributed by atoms with E-state index in [1.165, 1.54) is 33.4 Å². The van der Waals surface area contributed by atoms with E-state index in [-0.39, 0.29) is 11.3 Å². The summed E-state index contributed by atoms with van der Waals surface area (Å²) in [5, 5.41) is 14.3. The van der Waals surface area contributed by atoms with Gasteiger partial charge in [-0.25, -0.2) is 0 Å². The number of aliphatic hydroxyl groups excluding tert-OH is 1. The molecule has 0 fully saturated rings. The summed E-state index contributed by atoms with van der Waals surface area (Å²) in [5.41, 5.74) is 7.32. The predicted molar refractivity (Wildman–Crippen MR) is 161 cm³/mol. The van der Waals surface area contributed by atoms with Gasteiger partial charge in [-0.15, -0.1) is 0 Å². The number of benzene rings is 2. The normalized spacial score (nSPS) is 19.3. The molecule has 4 rings (SSSR count). The number of fused-ring (bicyclic) bond motifs is 1. The summed E-state index contributed by atoms with van der Waals surface area (Å²) >= 11 is 6.32. The number of allylic oxidation sites excluding steroid dienone is 5. The van der Waals surface area contributed by atoms with Crippen molar-refractivity contribution in [2.24, 2.45) is 5.41 Å². The minimum absolute atomic E-state index is 0.0242. The number of rotatable bonds is 9. The van der Waals surface area contributed by atoms with Crippen molar-refractivity contribution in [1.82, 2.24) is 10.2 Å². The van der Waals surface area contributed by atoms with Crippen LogP contribution >= 0.6 is 11.6 Å². The quantitative estimate of drug-likeness (QED) is 0.259. The van der Waals surface area contributed by atoms with Crippen molar-refractivity contribution in [2.45, 2.75) is 39.5 Å². The number of amides is 1. The molecule has 1 unspecified atom stereocenters. The predicted octanol–water partition coefficient (Wildman–Crippen LogP) is 7.13. The molecule has 2 aliphatic rings. The molecule has 0 saturated heterocycles. The van der Waals surface area contributed by atoms with Crippen LogP contribution in [0.2, 0.25) is 5.02 Å². The van der Waals surface area contributed by atoms with Crippen LogP contribution in [-0.2, 0) is 4.79 Å². The van der Waals surface area contributed by atoms with E-state index in [2.05, 4.69) is 37.4 Å². The number of carbonyl (C=O) groups excluding carboxylic acids is 1. The van der Waals surface area contributed by atoms with Gasteiger partial charge in [0.1, 0.15) is 18.1 Å². The van der Waals surface area contributed by atoms with Crippen LogP contribution in [0.25, 0.3) is 11.1 Å². The number of nitrogens with one attached hydrogen (secondary N) is 1. The zero-order valence-corrected chi connectivity index (χ0v) is 24.1. The van der Waals surface area contributed by atoms with Gasteiger partial charge in [0.05, 0.1) is 0 Å². The molecule has 0 aromatic heterocycles. The molecule has 2 N–H and O–H groups in total. The monoisotopic (exact) mass is 546 g/mol. The topological polar surface area (TPSA) is 61.8 Å². The molecule has 206 valence electrons. The molecule has 2 aliphatic carbocycles. The Bertz CT molecular complexity index is 1320. The fraction of sp³-hybridized carbons (Fsp3) is 0.364. The van der Waals surface area contributed by atoms with Crippen LogP contribution in [-0.4, -0.2) is 49.7 Å². The summed E-state index contributed by atoms with van der Waals surface area (Å²) in [6.45, 7) is 6.26. The lowest BCUT2D eigenvalue weighted by Gasteiger charge is -2.37. The molecule has 5 nitrogen and oxygen atoms in total. The van der Waals surface area contributed by atoms with Gasteiger partial charge in [-0.2, -0.15) is 0 Å². The maximum Gasteiger partial charge on any atom is 0.245 e. The maximum atomic E-state index is 11.6. The zero-order valence-electron chi connectivity index (χ0n) is 23.4. The Kier molecular flexibility index (Phi) is 9.36. The molecule has 0 heterocycles. The van der Waals surface area contributed by atoms with Crippen LogP contribution in [0.15, 0.2) is 78.1 Å². The van der Waals surface area contributed by atoms with E-state index in [0.29, 0.717) is 25.5 Å². The second-order valence-corrected chi connectivity index (χ2v) is 11.1. The summed E-state index contributed by atoms with van der Waals surface area (Å²) in [7, 11) is 3.47. The minimum atomic E-state index is -0.210. The third-order valence-electron chi connectivity index (χ3n) is 7.64. The molecular formula is C33H39ClN2O3. The van der Waals surface area contributed by atoms with Crippen molar-refractivity contribution >= 4 is 28.7 Å². The molecule has 6 heteroatoms. The Morgan fingerprint density at radius 2 is 1.95 bits per heavy atom. The first-order chi connectivity index (χ1) is 18.7. The highest BCUT2D eigenvalue weighted by Gasteiger charge is 2.39. The van der Waals surface area contributed by atoms with Crippen LogP contribution in [0.1, 0.15) is 49.3 Å². The van der Waals surface area contributed by atoms with Gasteiger partial charge in [-0.3, -0.25) is 4.79 Å². The van der Waals surface area contributed by atoms with Gasteiger partial charge in [0.15, 0.2) is 0 Å². The lowest BCUT2D eigenvalue weighted by molar-refractivity contribution is -0.123. The molecule has 2 aromatic rings. The average molecular weight is 547 g/mol. The number of hydrogen-bond acceptors (Lipinski definition) is 4. The number of carbonyl (C=O) groups is 1. The molecule has 0 spiro atoms. The summed E-state index contributed by atoms with van der Waals surface area (Å²) in [5.74, 6) is 1.16. The van der Waals surface area contributed by atoms with Gasteiger partial charge in [0.2, 0.25) is 5.91 Å². The molecule has 2 aromatic carbocycles. The fourth-order valence-corrected chi connectivity index (χ4v) is 5.77. The molecule has 0 saturated carbocycles. The highest BCUT2D eigenvalue weighted by Crippen LogP contribution is 2.54.